The zero-order valence-corrected chi connectivity index (χ0v) is 17.2. The Hall–Kier alpha value is -1.55. The van der Waals surface area contributed by atoms with Crippen LogP contribution in [0.2, 0.25) is 0 Å². The molecule has 6 nitrogen and oxygen atoms in total. The maximum Gasteiger partial charge on any atom is 0.250 e. The number of piperidine rings is 1. The highest BCUT2D eigenvalue weighted by Crippen LogP contribution is 2.19. The number of Topliss-reactive ketones (excluding diaryl/α,β-unsaturated/α-hetero) is 1. The average Bonchev–Trinajstić information content (AvgIpc) is 3.36. The first-order chi connectivity index (χ1) is 13.0. The molecule has 1 saturated heterocycles. The fourth-order valence-corrected chi connectivity index (χ4v) is 6.07. The Labute approximate surface area is 167 Å². The molecule has 1 amide bonds. The van der Waals surface area contributed by atoms with Crippen LogP contribution in [0.1, 0.15) is 41.8 Å². The molecule has 1 aliphatic rings. The molecule has 0 saturated carbocycles. The lowest BCUT2D eigenvalue weighted by Crippen LogP contribution is -2.46. The van der Waals surface area contributed by atoms with Crippen molar-refractivity contribution < 1.29 is 18.0 Å². The maximum absolute atomic E-state index is 12.3. The molecule has 0 spiro atoms. The number of carbonyl (C=O) groups is 2. The van der Waals surface area contributed by atoms with Crippen molar-refractivity contribution in [2.24, 2.45) is 0 Å². The zero-order valence-electron chi connectivity index (χ0n) is 14.8. The number of rotatable bonds is 8. The summed E-state index contributed by atoms with van der Waals surface area (Å²) in [4.78, 5) is 26.8. The van der Waals surface area contributed by atoms with Crippen molar-refractivity contribution in [2.45, 2.75) is 42.4 Å². The van der Waals surface area contributed by atoms with E-state index in [0.717, 1.165) is 4.88 Å². The topological polar surface area (TPSA) is 83.6 Å². The molecule has 0 radical (unpaired) electrons. The Kier molecular flexibility index (Phi) is 6.80. The highest BCUT2D eigenvalue weighted by Gasteiger charge is 2.27. The molecular weight excluding hydrogens is 404 g/mol. The Morgan fingerprint density at radius 1 is 1.07 bits per heavy atom. The molecule has 1 N–H and O–H groups in total. The van der Waals surface area contributed by atoms with Gasteiger partial charge in [0.1, 0.15) is 4.21 Å². The van der Waals surface area contributed by atoms with Crippen LogP contribution in [-0.4, -0.2) is 44.1 Å². The second-order valence-electron chi connectivity index (χ2n) is 6.46. The van der Waals surface area contributed by atoms with E-state index in [1.54, 1.807) is 28.5 Å². The van der Waals surface area contributed by atoms with Gasteiger partial charge in [0.15, 0.2) is 5.78 Å². The molecule has 3 rings (SSSR count). The summed E-state index contributed by atoms with van der Waals surface area (Å²) in [6, 6.07) is 6.80. The van der Waals surface area contributed by atoms with Crippen LogP contribution in [-0.2, 0) is 14.8 Å². The lowest BCUT2D eigenvalue weighted by atomic mass is 10.0. The van der Waals surface area contributed by atoms with Crippen molar-refractivity contribution in [2.75, 3.05) is 13.1 Å². The number of ketones is 1. The average molecular weight is 427 g/mol. The van der Waals surface area contributed by atoms with Gasteiger partial charge in [-0.25, -0.2) is 13.1 Å². The standard InChI is InChI=1S/C18H22N2O4S3/c21-15(16-5-2-12-25-16)4-1-6-17(22)20-10-8-14(9-11-20)19-27(23,24)18-7-3-13-26-18/h2-3,5,7,12-14,19H,1,4,6,8-11H2. The van der Waals surface area contributed by atoms with Crippen molar-refractivity contribution in [3.63, 3.8) is 0 Å². The van der Waals surface area contributed by atoms with E-state index in [1.165, 1.54) is 22.7 Å². The van der Waals surface area contributed by atoms with Gasteiger partial charge < -0.3 is 4.90 Å². The quantitative estimate of drug-likeness (QED) is 0.658. The summed E-state index contributed by atoms with van der Waals surface area (Å²) >= 11 is 2.61. The Balaban J connectivity index is 1.39. The van der Waals surface area contributed by atoms with Gasteiger partial charge in [0.25, 0.3) is 0 Å². The number of sulfonamides is 1. The largest absolute Gasteiger partial charge is 0.343 e. The summed E-state index contributed by atoms with van der Waals surface area (Å²) in [6.07, 6.45) is 2.47. The van der Waals surface area contributed by atoms with Crippen LogP contribution in [0, 0.1) is 0 Å². The van der Waals surface area contributed by atoms with Crippen molar-refractivity contribution in [3.8, 4) is 0 Å². The number of nitrogens with zero attached hydrogens (tertiary/aromatic N) is 1. The lowest BCUT2D eigenvalue weighted by Gasteiger charge is -2.32. The van der Waals surface area contributed by atoms with Gasteiger partial charge in [-0.2, -0.15) is 0 Å². The normalized spacial score (nSPS) is 15.8. The number of likely N-dealkylation sites (tertiary alicyclic amines) is 1. The molecule has 0 unspecified atom stereocenters. The van der Waals surface area contributed by atoms with Gasteiger partial charge in [0, 0.05) is 32.0 Å². The highest BCUT2D eigenvalue weighted by molar-refractivity contribution is 7.91. The van der Waals surface area contributed by atoms with Crippen molar-refractivity contribution in [1.82, 2.24) is 9.62 Å². The van der Waals surface area contributed by atoms with Crippen molar-refractivity contribution >= 4 is 44.4 Å². The number of carbonyl (C=O) groups excluding carboxylic acids is 2. The summed E-state index contributed by atoms with van der Waals surface area (Å²) in [5.74, 6) is 0.119. The van der Waals surface area contributed by atoms with E-state index in [-0.39, 0.29) is 17.7 Å². The van der Waals surface area contributed by atoms with Gasteiger partial charge in [-0.05, 0) is 42.2 Å². The monoisotopic (exact) mass is 426 g/mol. The molecule has 2 aromatic heterocycles. The molecule has 146 valence electrons. The highest BCUT2D eigenvalue weighted by atomic mass is 32.2. The number of amides is 1. The molecule has 3 heterocycles. The van der Waals surface area contributed by atoms with Gasteiger partial charge in [-0.15, -0.1) is 22.7 Å². The van der Waals surface area contributed by atoms with E-state index >= 15 is 0 Å². The van der Waals surface area contributed by atoms with E-state index in [0.29, 0.717) is 49.4 Å². The van der Waals surface area contributed by atoms with Crippen molar-refractivity contribution in [3.05, 3.63) is 39.9 Å². The Bertz CT molecular complexity index is 853. The summed E-state index contributed by atoms with van der Waals surface area (Å²) in [6.45, 7) is 1.07. The van der Waals surface area contributed by atoms with Gasteiger partial charge in [-0.1, -0.05) is 12.1 Å². The summed E-state index contributed by atoms with van der Waals surface area (Å²) in [5.41, 5.74) is 0. The molecule has 1 fully saturated rings. The first-order valence-electron chi connectivity index (χ1n) is 8.86. The van der Waals surface area contributed by atoms with Crippen LogP contribution < -0.4 is 4.72 Å². The van der Waals surface area contributed by atoms with Crippen LogP contribution in [0.5, 0.6) is 0 Å². The Morgan fingerprint density at radius 3 is 2.41 bits per heavy atom. The van der Waals surface area contributed by atoms with E-state index in [2.05, 4.69) is 4.72 Å². The van der Waals surface area contributed by atoms with Crippen molar-refractivity contribution in [1.29, 1.82) is 0 Å². The summed E-state index contributed by atoms with van der Waals surface area (Å²) in [7, 11) is -3.47. The smallest absolute Gasteiger partial charge is 0.250 e. The van der Waals surface area contributed by atoms with Gasteiger partial charge >= 0.3 is 0 Å². The molecule has 0 bridgehead atoms. The number of hydrogen-bond acceptors (Lipinski definition) is 6. The first kappa shape index (κ1) is 20.2. The third kappa shape index (κ3) is 5.47. The number of hydrogen-bond donors (Lipinski definition) is 1. The molecule has 27 heavy (non-hydrogen) atoms. The predicted octanol–water partition coefficient (Wildman–Crippen LogP) is 3.13. The van der Waals surface area contributed by atoms with E-state index in [9.17, 15) is 18.0 Å². The fourth-order valence-electron chi connectivity index (χ4n) is 3.06. The molecule has 0 aromatic carbocycles. The second-order valence-corrected chi connectivity index (χ2v) is 10.3. The van der Waals surface area contributed by atoms with Gasteiger partial charge in [0.2, 0.25) is 15.9 Å². The predicted molar refractivity (Wildman–Crippen MR) is 107 cm³/mol. The van der Waals surface area contributed by atoms with Crippen LogP contribution in [0.4, 0.5) is 0 Å². The second kappa shape index (κ2) is 9.09. The summed E-state index contributed by atoms with van der Waals surface area (Å²) < 4.78 is 27.6. The molecule has 0 atom stereocenters. The summed E-state index contributed by atoms with van der Waals surface area (Å²) in [5, 5.41) is 3.61. The number of thiophene rings is 2. The third-order valence-electron chi connectivity index (χ3n) is 4.52. The van der Waals surface area contributed by atoms with E-state index in [4.69, 9.17) is 0 Å². The zero-order chi connectivity index (χ0) is 19.3. The van der Waals surface area contributed by atoms with Crippen LogP contribution in [0.15, 0.2) is 39.2 Å². The third-order valence-corrected chi connectivity index (χ3v) is 8.35. The minimum absolute atomic E-state index is 0.0357. The van der Waals surface area contributed by atoms with Gasteiger partial charge in [-0.3, -0.25) is 9.59 Å². The number of nitrogens with one attached hydrogen (secondary N) is 1. The minimum Gasteiger partial charge on any atom is -0.343 e. The van der Waals surface area contributed by atoms with Crippen LogP contribution in [0.3, 0.4) is 0 Å². The first-order valence-corrected chi connectivity index (χ1v) is 12.1. The Morgan fingerprint density at radius 2 is 1.78 bits per heavy atom. The lowest BCUT2D eigenvalue weighted by molar-refractivity contribution is -0.132. The minimum atomic E-state index is -3.47. The van der Waals surface area contributed by atoms with Crippen LogP contribution in [0.25, 0.3) is 0 Å². The SMILES string of the molecule is O=C(CCCC(=O)N1CCC(NS(=O)(=O)c2cccs2)CC1)c1cccs1. The molecule has 0 aliphatic carbocycles. The molecule has 2 aromatic rings. The van der Waals surface area contributed by atoms with Gasteiger partial charge in [0.05, 0.1) is 4.88 Å². The van der Waals surface area contributed by atoms with Crippen LogP contribution >= 0.6 is 22.7 Å². The molecular formula is C18H22N2O4S3. The fraction of sp³-hybridized carbons (Fsp3) is 0.444. The van der Waals surface area contributed by atoms with E-state index in [1.807, 2.05) is 11.4 Å². The molecule has 9 heteroatoms. The van der Waals surface area contributed by atoms with E-state index < -0.39 is 10.0 Å². The molecule has 1 aliphatic heterocycles. The maximum atomic E-state index is 12.3.